The molecule has 1 aromatic carbocycles. The van der Waals surface area contributed by atoms with Gasteiger partial charge in [0.05, 0.1) is 0 Å². The lowest BCUT2D eigenvalue weighted by molar-refractivity contribution is -0.145. The Morgan fingerprint density at radius 2 is 2.00 bits per heavy atom. The predicted octanol–water partition coefficient (Wildman–Crippen LogP) is 2.93. The lowest BCUT2D eigenvalue weighted by Gasteiger charge is -2.36. The zero-order valence-corrected chi connectivity index (χ0v) is 10.7. The van der Waals surface area contributed by atoms with Gasteiger partial charge in [0.1, 0.15) is 5.60 Å². The van der Waals surface area contributed by atoms with Gasteiger partial charge >= 0.3 is 0 Å². The number of hydrogen-bond donors (Lipinski definition) is 0. The zero-order chi connectivity index (χ0) is 12.3. The van der Waals surface area contributed by atoms with Crippen LogP contribution in [-0.4, -0.2) is 18.0 Å². The number of fused-ring (bicyclic) bond motifs is 1. The number of rotatable bonds is 4. The second kappa shape index (κ2) is 5.01. The van der Waals surface area contributed by atoms with Crippen molar-refractivity contribution >= 4 is 5.78 Å². The topological polar surface area (TPSA) is 26.3 Å². The molecule has 0 heterocycles. The van der Waals surface area contributed by atoms with E-state index in [0.29, 0.717) is 13.0 Å². The van der Waals surface area contributed by atoms with Gasteiger partial charge in [-0.25, -0.2) is 0 Å². The van der Waals surface area contributed by atoms with Crippen molar-refractivity contribution in [1.82, 2.24) is 0 Å². The van der Waals surface area contributed by atoms with E-state index in [4.69, 9.17) is 4.74 Å². The highest BCUT2D eigenvalue weighted by Crippen LogP contribution is 2.33. The third-order valence-corrected chi connectivity index (χ3v) is 3.64. The Bertz CT molecular complexity index is 411. The van der Waals surface area contributed by atoms with E-state index in [1.165, 1.54) is 11.1 Å². The third kappa shape index (κ3) is 2.27. The van der Waals surface area contributed by atoms with Crippen molar-refractivity contribution < 1.29 is 9.53 Å². The molecule has 2 heteroatoms. The third-order valence-electron chi connectivity index (χ3n) is 3.64. The van der Waals surface area contributed by atoms with E-state index in [1.807, 2.05) is 19.9 Å². The molecule has 92 valence electrons. The van der Waals surface area contributed by atoms with Crippen LogP contribution in [0.5, 0.6) is 0 Å². The molecule has 0 saturated heterocycles. The number of aryl methyl sites for hydroxylation is 1. The van der Waals surface area contributed by atoms with Crippen molar-refractivity contribution in [3.8, 4) is 0 Å². The number of hydrogen-bond acceptors (Lipinski definition) is 2. The Kier molecular flexibility index (Phi) is 3.63. The summed E-state index contributed by atoms with van der Waals surface area (Å²) in [5, 5.41) is 0. The number of Topliss-reactive ketones (excluding diaryl/α,β-unsaturated/α-hetero) is 1. The van der Waals surface area contributed by atoms with Crippen molar-refractivity contribution in [3.63, 3.8) is 0 Å². The summed E-state index contributed by atoms with van der Waals surface area (Å²) < 4.78 is 5.83. The fourth-order valence-electron chi connectivity index (χ4n) is 2.75. The Hall–Kier alpha value is -1.15. The molecule has 0 N–H and O–H groups in total. The first kappa shape index (κ1) is 12.3. The summed E-state index contributed by atoms with van der Waals surface area (Å²) in [6.07, 6.45) is 3.07. The molecular formula is C15H20O2. The molecule has 1 aromatic rings. The summed E-state index contributed by atoms with van der Waals surface area (Å²) in [4.78, 5) is 12.2. The van der Waals surface area contributed by atoms with E-state index in [0.717, 1.165) is 19.3 Å². The fraction of sp³-hybridized carbons (Fsp3) is 0.533. The first-order valence-electron chi connectivity index (χ1n) is 6.46. The van der Waals surface area contributed by atoms with Crippen LogP contribution < -0.4 is 0 Å². The van der Waals surface area contributed by atoms with Crippen molar-refractivity contribution in [2.75, 3.05) is 6.61 Å². The molecular weight excluding hydrogens is 212 g/mol. The molecule has 2 rings (SSSR count). The molecule has 0 saturated carbocycles. The van der Waals surface area contributed by atoms with E-state index in [2.05, 4.69) is 18.2 Å². The molecule has 0 fully saturated rings. The Morgan fingerprint density at radius 1 is 1.29 bits per heavy atom. The van der Waals surface area contributed by atoms with E-state index in [-0.39, 0.29) is 5.78 Å². The highest BCUT2D eigenvalue weighted by atomic mass is 16.5. The van der Waals surface area contributed by atoms with Crippen LogP contribution in [0, 0.1) is 0 Å². The van der Waals surface area contributed by atoms with E-state index in [1.54, 1.807) is 0 Å². The largest absolute Gasteiger partial charge is 0.367 e. The second-order valence-corrected chi connectivity index (χ2v) is 4.65. The number of carbonyl (C=O) groups is 1. The van der Waals surface area contributed by atoms with E-state index in [9.17, 15) is 4.79 Å². The van der Waals surface area contributed by atoms with Gasteiger partial charge in [-0.15, -0.1) is 0 Å². The van der Waals surface area contributed by atoms with Crippen molar-refractivity contribution in [1.29, 1.82) is 0 Å². The zero-order valence-electron chi connectivity index (χ0n) is 10.7. The normalized spacial score (nSPS) is 23.2. The van der Waals surface area contributed by atoms with Crippen molar-refractivity contribution in [3.05, 3.63) is 35.4 Å². The molecule has 1 atom stereocenters. The van der Waals surface area contributed by atoms with Crippen LogP contribution in [-0.2, 0) is 22.4 Å². The molecule has 1 aliphatic rings. The Balaban J connectivity index is 2.30. The average Bonchev–Trinajstić information content (AvgIpc) is 2.38. The van der Waals surface area contributed by atoms with Crippen LogP contribution in [0.3, 0.4) is 0 Å². The summed E-state index contributed by atoms with van der Waals surface area (Å²) in [5.74, 6) is 0.244. The van der Waals surface area contributed by atoms with Crippen LogP contribution in [0.2, 0.25) is 0 Å². The van der Waals surface area contributed by atoms with Gasteiger partial charge in [-0.05, 0) is 30.9 Å². The second-order valence-electron chi connectivity index (χ2n) is 4.65. The summed E-state index contributed by atoms with van der Waals surface area (Å²) >= 11 is 0. The molecule has 0 spiro atoms. The molecule has 2 nitrogen and oxygen atoms in total. The van der Waals surface area contributed by atoms with Gasteiger partial charge < -0.3 is 4.74 Å². The minimum atomic E-state index is -0.558. The molecule has 1 aliphatic carbocycles. The molecule has 0 aliphatic heterocycles. The molecule has 0 bridgehead atoms. The van der Waals surface area contributed by atoms with Crippen LogP contribution in [0.25, 0.3) is 0 Å². The maximum absolute atomic E-state index is 12.2. The lowest BCUT2D eigenvalue weighted by Crippen LogP contribution is -2.46. The van der Waals surface area contributed by atoms with Crippen LogP contribution in [0.15, 0.2) is 24.3 Å². The smallest absolute Gasteiger partial charge is 0.164 e. The molecule has 0 aromatic heterocycles. The van der Waals surface area contributed by atoms with Gasteiger partial charge in [0.15, 0.2) is 5.78 Å². The minimum Gasteiger partial charge on any atom is -0.367 e. The quantitative estimate of drug-likeness (QED) is 0.798. The molecule has 17 heavy (non-hydrogen) atoms. The summed E-state index contributed by atoms with van der Waals surface area (Å²) in [6, 6.07) is 8.37. The Morgan fingerprint density at radius 3 is 2.65 bits per heavy atom. The number of benzene rings is 1. The van der Waals surface area contributed by atoms with Crippen LogP contribution in [0.4, 0.5) is 0 Å². The van der Waals surface area contributed by atoms with Gasteiger partial charge in [-0.3, -0.25) is 4.79 Å². The van der Waals surface area contributed by atoms with E-state index < -0.39 is 5.60 Å². The maximum atomic E-state index is 12.2. The van der Waals surface area contributed by atoms with Crippen molar-refractivity contribution in [2.24, 2.45) is 0 Å². The summed E-state index contributed by atoms with van der Waals surface area (Å²) in [6.45, 7) is 4.49. The van der Waals surface area contributed by atoms with Crippen LogP contribution in [0.1, 0.15) is 37.8 Å². The van der Waals surface area contributed by atoms with E-state index >= 15 is 0 Å². The lowest BCUT2D eigenvalue weighted by atomic mass is 9.77. The SMILES string of the molecule is CCOC1(C(=O)CC)CCc2ccccc2C1. The Labute approximate surface area is 103 Å². The first-order chi connectivity index (χ1) is 8.22. The summed E-state index contributed by atoms with van der Waals surface area (Å²) in [5.41, 5.74) is 2.08. The number of ketones is 1. The molecule has 1 unspecified atom stereocenters. The van der Waals surface area contributed by atoms with Gasteiger partial charge in [0, 0.05) is 19.4 Å². The standard InChI is InChI=1S/C15H20O2/c1-3-14(16)15(17-4-2)10-9-12-7-5-6-8-13(12)11-15/h5-8H,3-4,9-11H2,1-2H3. The van der Waals surface area contributed by atoms with Crippen molar-refractivity contribution in [2.45, 2.75) is 45.1 Å². The predicted molar refractivity (Wildman–Crippen MR) is 68.1 cm³/mol. The number of carbonyl (C=O) groups excluding carboxylic acids is 1. The monoisotopic (exact) mass is 232 g/mol. The minimum absolute atomic E-state index is 0.244. The highest BCUT2D eigenvalue weighted by molar-refractivity contribution is 5.87. The number of ether oxygens (including phenoxy) is 1. The van der Waals surface area contributed by atoms with Crippen LogP contribution >= 0.6 is 0 Å². The van der Waals surface area contributed by atoms with Gasteiger partial charge in [-0.2, -0.15) is 0 Å². The highest BCUT2D eigenvalue weighted by Gasteiger charge is 2.40. The molecule has 0 radical (unpaired) electrons. The summed E-state index contributed by atoms with van der Waals surface area (Å²) in [7, 11) is 0. The van der Waals surface area contributed by atoms with Gasteiger partial charge in [-0.1, -0.05) is 31.2 Å². The van der Waals surface area contributed by atoms with Gasteiger partial charge in [0.25, 0.3) is 0 Å². The first-order valence-corrected chi connectivity index (χ1v) is 6.46. The van der Waals surface area contributed by atoms with Gasteiger partial charge in [0.2, 0.25) is 0 Å². The molecule has 0 amide bonds. The fourth-order valence-corrected chi connectivity index (χ4v) is 2.75. The maximum Gasteiger partial charge on any atom is 0.164 e. The average molecular weight is 232 g/mol.